The second-order valence-electron chi connectivity index (χ2n) is 2.87. The molecule has 0 amide bonds. The minimum absolute atomic E-state index is 0.288. The van der Waals surface area contributed by atoms with E-state index in [2.05, 4.69) is 0 Å². The van der Waals surface area contributed by atoms with Crippen LogP contribution in [0, 0.1) is 11.6 Å². The molecule has 1 rings (SSSR count). The third-order valence-corrected chi connectivity index (χ3v) is 2.06. The maximum absolute atomic E-state index is 13.0. The first-order chi connectivity index (χ1) is 6.13. The summed E-state index contributed by atoms with van der Waals surface area (Å²) >= 11 is 5.50. The second kappa shape index (κ2) is 4.53. The van der Waals surface area contributed by atoms with E-state index in [9.17, 15) is 8.78 Å². The number of nitrogens with zero attached hydrogens (tertiary/aromatic N) is 1. The van der Waals surface area contributed by atoms with Gasteiger partial charge < -0.3 is 0 Å². The van der Waals surface area contributed by atoms with Gasteiger partial charge in [0, 0.05) is 12.1 Å². The standard InChI is InChI=1S/C9H10ClF2N/c1-13(6-10)5-7-4-8(11)2-3-9(7)12/h2-4H,5-6H2,1H3. The van der Waals surface area contributed by atoms with Gasteiger partial charge in [0.1, 0.15) is 11.6 Å². The number of hydrogen-bond acceptors (Lipinski definition) is 1. The Morgan fingerprint density at radius 1 is 1.38 bits per heavy atom. The van der Waals surface area contributed by atoms with Crippen LogP contribution in [0.5, 0.6) is 0 Å². The van der Waals surface area contributed by atoms with Gasteiger partial charge in [-0.1, -0.05) is 0 Å². The monoisotopic (exact) mass is 205 g/mol. The molecule has 0 atom stereocenters. The van der Waals surface area contributed by atoms with Crippen molar-refractivity contribution < 1.29 is 8.78 Å². The number of benzene rings is 1. The highest BCUT2D eigenvalue weighted by molar-refractivity contribution is 6.17. The van der Waals surface area contributed by atoms with Crippen LogP contribution in [0.15, 0.2) is 18.2 Å². The van der Waals surface area contributed by atoms with E-state index in [1.165, 1.54) is 6.07 Å². The van der Waals surface area contributed by atoms with Gasteiger partial charge in [-0.3, -0.25) is 4.90 Å². The van der Waals surface area contributed by atoms with Crippen LogP contribution in [-0.4, -0.2) is 18.0 Å². The van der Waals surface area contributed by atoms with E-state index in [4.69, 9.17) is 11.6 Å². The molecule has 0 N–H and O–H groups in total. The van der Waals surface area contributed by atoms with E-state index in [0.29, 0.717) is 12.1 Å². The fourth-order valence-electron chi connectivity index (χ4n) is 0.998. The van der Waals surface area contributed by atoms with Gasteiger partial charge in [-0.15, -0.1) is 11.6 Å². The summed E-state index contributed by atoms with van der Waals surface area (Å²) in [6.45, 7) is 0.313. The van der Waals surface area contributed by atoms with Crippen LogP contribution in [0.25, 0.3) is 0 Å². The van der Waals surface area contributed by atoms with E-state index in [1.807, 2.05) is 0 Å². The third-order valence-electron chi connectivity index (χ3n) is 1.65. The van der Waals surface area contributed by atoms with E-state index in [0.717, 1.165) is 12.1 Å². The zero-order valence-corrected chi connectivity index (χ0v) is 7.98. The molecule has 0 aliphatic rings. The van der Waals surface area contributed by atoms with Gasteiger partial charge in [0.25, 0.3) is 0 Å². The molecular weight excluding hydrogens is 196 g/mol. The second-order valence-corrected chi connectivity index (χ2v) is 3.11. The molecule has 0 unspecified atom stereocenters. The summed E-state index contributed by atoms with van der Waals surface area (Å²) in [4.78, 5) is 1.68. The highest BCUT2D eigenvalue weighted by Crippen LogP contribution is 2.11. The van der Waals surface area contributed by atoms with Crippen molar-refractivity contribution in [3.63, 3.8) is 0 Å². The summed E-state index contributed by atoms with van der Waals surface area (Å²) < 4.78 is 25.7. The predicted octanol–water partition coefficient (Wildman–Crippen LogP) is 2.59. The Morgan fingerprint density at radius 3 is 2.69 bits per heavy atom. The fourth-order valence-corrected chi connectivity index (χ4v) is 1.08. The van der Waals surface area contributed by atoms with Crippen LogP contribution < -0.4 is 0 Å². The fraction of sp³-hybridized carbons (Fsp3) is 0.333. The summed E-state index contributed by atoms with van der Waals surface area (Å²) in [6, 6.07) is 3.68. The largest absolute Gasteiger partial charge is 0.289 e. The van der Waals surface area contributed by atoms with Crippen LogP contribution in [-0.2, 0) is 6.54 Å². The summed E-state index contributed by atoms with van der Waals surface area (Å²) in [7, 11) is 1.73. The molecule has 0 saturated carbocycles. The quantitative estimate of drug-likeness (QED) is 0.542. The predicted molar refractivity (Wildman–Crippen MR) is 48.5 cm³/mol. The van der Waals surface area contributed by atoms with Crippen molar-refractivity contribution in [2.24, 2.45) is 0 Å². The molecule has 0 bridgehead atoms. The molecule has 0 spiro atoms. The highest BCUT2D eigenvalue weighted by atomic mass is 35.5. The molecule has 1 aromatic carbocycles. The van der Waals surface area contributed by atoms with Crippen LogP contribution >= 0.6 is 11.6 Å². The molecule has 0 radical (unpaired) electrons. The van der Waals surface area contributed by atoms with E-state index in [-0.39, 0.29) is 6.00 Å². The Bertz CT molecular complexity index is 291. The zero-order chi connectivity index (χ0) is 9.84. The molecule has 0 aliphatic carbocycles. The Labute approximate surface area is 80.9 Å². The van der Waals surface area contributed by atoms with Gasteiger partial charge in [0.15, 0.2) is 0 Å². The molecular formula is C9H10ClF2N. The molecule has 0 aromatic heterocycles. The number of hydrogen-bond donors (Lipinski definition) is 0. The molecule has 13 heavy (non-hydrogen) atoms. The summed E-state index contributed by atoms with van der Waals surface area (Å²) in [5.41, 5.74) is 0.322. The Hall–Kier alpha value is -0.670. The zero-order valence-electron chi connectivity index (χ0n) is 7.23. The van der Waals surface area contributed by atoms with Crippen molar-refractivity contribution in [3.8, 4) is 0 Å². The number of rotatable bonds is 3. The molecule has 0 saturated heterocycles. The maximum Gasteiger partial charge on any atom is 0.127 e. The molecule has 1 aromatic rings. The highest BCUT2D eigenvalue weighted by Gasteiger charge is 2.05. The third kappa shape index (κ3) is 2.94. The Kier molecular flexibility index (Phi) is 3.63. The minimum atomic E-state index is -0.431. The van der Waals surface area contributed by atoms with Crippen molar-refractivity contribution in [2.75, 3.05) is 13.1 Å². The van der Waals surface area contributed by atoms with Crippen LogP contribution in [0.2, 0.25) is 0 Å². The SMILES string of the molecule is CN(CCl)Cc1cc(F)ccc1F. The van der Waals surface area contributed by atoms with E-state index in [1.54, 1.807) is 11.9 Å². The topological polar surface area (TPSA) is 3.24 Å². The van der Waals surface area contributed by atoms with Crippen molar-refractivity contribution in [3.05, 3.63) is 35.4 Å². The lowest BCUT2D eigenvalue weighted by atomic mass is 10.2. The molecule has 72 valence electrons. The van der Waals surface area contributed by atoms with Crippen LogP contribution in [0.1, 0.15) is 5.56 Å². The van der Waals surface area contributed by atoms with E-state index < -0.39 is 11.6 Å². The van der Waals surface area contributed by atoms with Gasteiger partial charge >= 0.3 is 0 Å². The van der Waals surface area contributed by atoms with Crippen molar-refractivity contribution in [1.82, 2.24) is 4.90 Å². The average Bonchev–Trinajstić information content (AvgIpc) is 2.11. The van der Waals surface area contributed by atoms with Gasteiger partial charge in [0.05, 0.1) is 6.00 Å². The molecule has 4 heteroatoms. The average molecular weight is 206 g/mol. The van der Waals surface area contributed by atoms with Crippen LogP contribution in [0.4, 0.5) is 8.78 Å². The van der Waals surface area contributed by atoms with Crippen molar-refractivity contribution in [1.29, 1.82) is 0 Å². The summed E-state index contributed by atoms with van der Waals surface area (Å²) in [6.07, 6.45) is 0. The Balaban J connectivity index is 2.81. The molecule has 0 fully saturated rings. The first kappa shape index (κ1) is 10.4. The van der Waals surface area contributed by atoms with Gasteiger partial charge in [-0.05, 0) is 25.2 Å². The smallest absolute Gasteiger partial charge is 0.127 e. The van der Waals surface area contributed by atoms with Crippen molar-refractivity contribution >= 4 is 11.6 Å². The summed E-state index contributed by atoms with van der Waals surface area (Å²) in [5, 5.41) is 0. The lowest BCUT2D eigenvalue weighted by Crippen LogP contribution is -2.16. The van der Waals surface area contributed by atoms with Gasteiger partial charge in [-0.25, -0.2) is 8.78 Å². The lowest BCUT2D eigenvalue weighted by molar-refractivity contribution is 0.372. The Morgan fingerprint density at radius 2 is 2.08 bits per heavy atom. The number of alkyl halides is 1. The first-order valence-corrected chi connectivity index (χ1v) is 4.35. The maximum atomic E-state index is 13.0. The molecule has 0 aliphatic heterocycles. The normalized spacial score (nSPS) is 10.8. The van der Waals surface area contributed by atoms with Crippen LogP contribution in [0.3, 0.4) is 0 Å². The lowest BCUT2D eigenvalue weighted by Gasteiger charge is -2.12. The van der Waals surface area contributed by atoms with Gasteiger partial charge in [-0.2, -0.15) is 0 Å². The first-order valence-electron chi connectivity index (χ1n) is 3.82. The van der Waals surface area contributed by atoms with E-state index >= 15 is 0 Å². The summed E-state index contributed by atoms with van der Waals surface area (Å²) in [5.74, 6) is -0.835. The molecule has 0 heterocycles. The van der Waals surface area contributed by atoms with Gasteiger partial charge in [0.2, 0.25) is 0 Å². The number of halogens is 3. The van der Waals surface area contributed by atoms with Crippen molar-refractivity contribution in [2.45, 2.75) is 6.54 Å². The molecule has 1 nitrogen and oxygen atoms in total. The minimum Gasteiger partial charge on any atom is -0.289 e.